The highest BCUT2D eigenvalue weighted by molar-refractivity contribution is 5.66. The lowest BCUT2D eigenvalue weighted by atomic mass is 10.2. The van der Waals surface area contributed by atoms with Crippen LogP contribution in [0.15, 0.2) is 30.3 Å². The van der Waals surface area contributed by atoms with Crippen molar-refractivity contribution >= 4 is 6.09 Å². The molecular formula is C13H18N2O2. The van der Waals surface area contributed by atoms with Crippen molar-refractivity contribution in [1.82, 2.24) is 10.2 Å². The molecule has 0 aliphatic heterocycles. The fourth-order valence-electron chi connectivity index (χ4n) is 2.17. The normalized spacial score (nSPS) is 16.8. The number of nitrogens with one attached hydrogen (secondary N) is 1. The molecule has 17 heavy (non-hydrogen) atoms. The minimum atomic E-state index is -0.921. The van der Waals surface area contributed by atoms with Crippen LogP contribution in [0.25, 0.3) is 0 Å². The van der Waals surface area contributed by atoms with Gasteiger partial charge in [-0.3, -0.25) is 4.90 Å². The van der Waals surface area contributed by atoms with Gasteiger partial charge in [-0.05, 0) is 25.5 Å². The number of carboxylic acid groups (broad SMARTS) is 1. The maximum Gasteiger partial charge on any atom is 0.405 e. The molecule has 0 aromatic heterocycles. The fraction of sp³-hybridized carbons (Fsp3) is 0.462. The largest absolute Gasteiger partial charge is 0.465 e. The van der Waals surface area contributed by atoms with Gasteiger partial charge in [0.2, 0.25) is 0 Å². The third kappa shape index (κ3) is 3.46. The molecule has 1 aromatic carbocycles. The van der Waals surface area contributed by atoms with E-state index in [1.165, 1.54) is 5.56 Å². The first-order chi connectivity index (χ1) is 8.10. The Labute approximate surface area is 101 Å². The predicted octanol–water partition coefficient (Wildman–Crippen LogP) is 1.92. The van der Waals surface area contributed by atoms with E-state index < -0.39 is 6.09 Å². The number of likely N-dealkylation sites (N-methyl/N-ethyl adjacent to an activating group) is 1. The zero-order valence-electron chi connectivity index (χ0n) is 10.0. The molecule has 2 rings (SSSR count). The van der Waals surface area contributed by atoms with Crippen LogP contribution in [0.2, 0.25) is 0 Å². The Kier molecular flexibility index (Phi) is 3.33. The number of benzene rings is 1. The third-order valence-corrected chi connectivity index (χ3v) is 3.09. The highest BCUT2D eigenvalue weighted by atomic mass is 16.4. The summed E-state index contributed by atoms with van der Waals surface area (Å²) in [6, 6.07) is 10.2. The second kappa shape index (κ2) is 4.75. The molecule has 1 fully saturated rings. The van der Waals surface area contributed by atoms with Crippen LogP contribution < -0.4 is 5.32 Å². The summed E-state index contributed by atoms with van der Waals surface area (Å²) in [5.41, 5.74) is 1.05. The van der Waals surface area contributed by atoms with Crippen LogP contribution >= 0.6 is 0 Å². The van der Waals surface area contributed by atoms with Gasteiger partial charge in [0.1, 0.15) is 0 Å². The third-order valence-electron chi connectivity index (χ3n) is 3.09. The van der Waals surface area contributed by atoms with Crippen LogP contribution in [0.3, 0.4) is 0 Å². The van der Waals surface area contributed by atoms with E-state index in [-0.39, 0.29) is 5.54 Å². The number of hydrogen-bond donors (Lipinski definition) is 2. The van der Waals surface area contributed by atoms with Crippen molar-refractivity contribution < 1.29 is 9.90 Å². The Bertz CT molecular complexity index is 388. The minimum absolute atomic E-state index is 0.199. The quantitative estimate of drug-likeness (QED) is 0.818. The van der Waals surface area contributed by atoms with Crippen LogP contribution in [0.4, 0.5) is 4.79 Å². The van der Waals surface area contributed by atoms with E-state index in [0.29, 0.717) is 0 Å². The van der Waals surface area contributed by atoms with Gasteiger partial charge in [-0.1, -0.05) is 30.3 Å². The van der Waals surface area contributed by atoms with Crippen molar-refractivity contribution in [2.45, 2.75) is 24.9 Å². The van der Waals surface area contributed by atoms with Gasteiger partial charge in [0.15, 0.2) is 0 Å². The number of nitrogens with zero attached hydrogens (tertiary/aromatic N) is 1. The van der Waals surface area contributed by atoms with E-state index in [1.807, 2.05) is 25.2 Å². The van der Waals surface area contributed by atoms with E-state index in [2.05, 4.69) is 22.3 Å². The SMILES string of the molecule is CN(Cc1ccccc1)CC1(NC(=O)O)CC1. The molecule has 1 amide bonds. The summed E-state index contributed by atoms with van der Waals surface area (Å²) in [4.78, 5) is 12.8. The van der Waals surface area contributed by atoms with Crippen LogP contribution in [0.1, 0.15) is 18.4 Å². The summed E-state index contributed by atoms with van der Waals surface area (Å²) in [5, 5.41) is 11.4. The molecule has 0 spiro atoms. The van der Waals surface area contributed by atoms with E-state index in [9.17, 15) is 4.79 Å². The van der Waals surface area contributed by atoms with Gasteiger partial charge in [-0.2, -0.15) is 0 Å². The lowest BCUT2D eigenvalue weighted by Crippen LogP contribution is -2.44. The molecule has 0 bridgehead atoms. The van der Waals surface area contributed by atoms with Crippen LogP contribution in [0.5, 0.6) is 0 Å². The van der Waals surface area contributed by atoms with Gasteiger partial charge < -0.3 is 10.4 Å². The van der Waals surface area contributed by atoms with Gasteiger partial charge in [-0.15, -0.1) is 0 Å². The van der Waals surface area contributed by atoms with Crippen LogP contribution in [-0.2, 0) is 6.54 Å². The molecule has 1 aliphatic carbocycles. The van der Waals surface area contributed by atoms with Gasteiger partial charge in [0.05, 0.1) is 5.54 Å². The second-order valence-corrected chi connectivity index (χ2v) is 4.87. The molecule has 4 heteroatoms. The van der Waals surface area contributed by atoms with Crippen molar-refractivity contribution in [3.05, 3.63) is 35.9 Å². The predicted molar refractivity (Wildman–Crippen MR) is 65.9 cm³/mol. The van der Waals surface area contributed by atoms with E-state index >= 15 is 0 Å². The molecule has 1 saturated carbocycles. The standard InChI is InChI=1S/C13H18N2O2/c1-15(9-11-5-3-2-4-6-11)10-13(7-8-13)14-12(16)17/h2-6,14H,7-10H2,1H3,(H,16,17). The zero-order valence-corrected chi connectivity index (χ0v) is 10.0. The van der Waals surface area contributed by atoms with Gasteiger partial charge in [-0.25, -0.2) is 4.79 Å². The van der Waals surface area contributed by atoms with Crippen LogP contribution in [0, 0.1) is 0 Å². The molecule has 1 aliphatic rings. The lowest BCUT2D eigenvalue weighted by molar-refractivity contribution is 0.181. The summed E-state index contributed by atoms with van der Waals surface area (Å²) < 4.78 is 0. The van der Waals surface area contributed by atoms with Crippen molar-refractivity contribution in [2.75, 3.05) is 13.6 Å². The highest BCUT2D eigenvalue weighted by Gasteiger charge is 2.44. The number of carbonyl (C=O) groups is 1. The topological polar surface area (TPSA) is 52.6 Å². The van der Waals surface area contributed by atoms with E-state index in [0.717, 1.165) is 25.9 Å². The summed E-state index contributed by atoms with van der Waals surface area (Å²) in [5.74, 6) is 0. The number of amides is 1. The summed E-state index contributed by atoms with van der Waals surface area (Å²) >= 11 is 0. The average molecular weight is 234 g/mol. The molecule has 0 unspecified atom stereocenters. The fourth-order valence-corrected chi connectivity index (χ4v) is 2.17. The molecule has 4 nitrogen and oxygen atoms in total. The zero-order chi connectivity index (χ0) is 12.3. The number of hydrogen-bond acceptors (Lipinski definition) is 2. The first kappa shape index (κ1) is 11.9. The molecule has 92 valence electrons. The summed E-state index contributed by atoms with van der Waals surface area (Å²) in [6.07, 6.45) is 0.965. The van der Waals surface area contributed by atoms with Crippen LogP contribution in [-0.4, -0.2) is 35.2 Å². The van der Waals surface area contributed by atoms with Crippen molar-refractivity contribution in [3.8, 4) is 0 Å². The molecular weight excluding hydrogens is 216 g/mol. The smallest absolute Gasteiger partial charge is 0.405 e. The van der Waals surface area contributed by atoms with E-state index in [4.69, 9.17) is 5.11 Å². The molecule has 1 aromatic rings. The maximum absolute atomic E-state index is 10.7. The monoisotopic (exact) mass is 234 g/mol. The molecule has 0 saturated heterocycles. The van der Waals surface area contributed by atoms with E-state index in [1.54, 1.807) is 0 Å². The molecule has 2 N–H and O–H groups in total. The molecule has 0 radical (unpaired) electrons. The van der Waals surface area contributed by atoms with Crippen molar-refractivity contribution in [1.29, 1.82) is 0 Å². The van der Waals surface area contributed by atoms with Crippen molar-refractivity contribution in [2.24, 2.45) is 0 Å². The highest BCUT2D eigenvalue weighted by Crippen LogP contribution is 2.36. The van der Waals surface area contributed by atoms with Gasteiger partial charge in [0.25, 0.3) is 0 Å². The minimum Gasteiger partial charge on any atom is -0.465 e. The molecule has 0 heterocycles. The maximum atomic E-state index is 10.7. The second-order valence-electron chi connectivity index (χ2n) is 4.87. The Hall–Kier alpha value is -1.55. The first-order valence-electron chi connectivity index (χ1n) is 5.83. The summed E-state index contributed by atoms with van der Waals surface area (Å²) in [6.45, 7) is 1.62. The summed E-state index contributed by atoms with van der Waals surface area (Å²) in [7, 11) is 2.02. The Morgan fingerprint density at radius 2 is 2.06 bits per heavy atom. The van der Waals surface area contributed by atoms with Gasteiger partial charge in [0, 0.05) is 13.1 Å². The lowest BCUT2D eigenvalue weighted by Gasteiger charge is -2.23. The number of rotatable bonds is 5. The Morgan fingerprint density at radius 3 is 2.59 bits per heavy atom. The Balaban J connectivity index is 1.85. The first-order valence-corrected chi connectivity index (χ1v) is 5.83. The average Bonchev–Trinajstić information content (AvgIpc) is 2.97. The Morgan fingerprint density at radius 1 is 1.41 bits per heavy atom. The molecule has 0 atom stereocenters. The van der Waals surface area contributed by atoms with Gasteiger partial charge >= 0.3 is 6.09 Å². The van der Waals surface area contributed by atoms with Crippen molar-refractivity contribution in [3.63, 3.8) is 0 Å².